The number of benzene rings is 1. The number of furan rings is 1. The fourth-order valence-electron chi connectivity index (χ4n) is 2.62. The Morgan fingerprint density at radius 3 is 2.68 bits per heavy atom. The third kappa shape index (κ3) is 3.52. The number of hydrogen-bond acceptors (Lipinski definition) is 5. The molecule has 0 bridgehead atoms. The largest absolute Gasteiger partial charge is 1.00 e. The van der Waals surface area contributed by atoms with Crippen LogP contribution in [-0.4, -0.2) is 11.7 Å². The Hall–Kier alpha value is -0.924. The second-order valence-electron chi connectivity index (χ2n) is 5.03. The second kappa shape index (κ2) is 7.57. The molecule has 1 heterocycles. The molecule has 0 saturated carbocycles. The molecule has 0 unspecified atom stereocenters. The van der Waals surface area contributed by atoms with Crippen molar-refractivity contribution in [2.45, 2.75) is 26.2 Å². The Labute approximate surface area is 171 Å². The van der Waals surface area contributed by atoms with Gasteiger partial charge in [-0.25, -0.2) is 0 Å². The zero-order chi connectivity index (χ0) is 14.8. The van der Waals surface area contributed by atoms with Crippen LogP contribution in [0.2, 0.25) is 0 Å². The van der Waals surface area contributed by atoms with E-state index in [0.29, 0.717) is 11.3 Å². The van der Waals surface area contributed by atoms with E-state index >= 15 is 0 Å². The molecule has 0 aliphatic heterocycles. The van der Waals surface area contributed by atoms with Crippen molar-refractivity contribution < 1.29 is 65.7 Å². The number of nitrogens with one attached hydrogen (secondary N) is 1. The number of carboxylic acids is 1. The van der Waals surface area contributed by atoms with Crippen molar-refractivity contribution in [2.24, 2.45) is 5.10 Å². The summed E-state index contributed by atoms with van der Waals surface area (Å²) in [6, 6.07) is 9.62. The second-order valence-corrected chi connectivity index (χ2v) is 5.03. The summed E-state index contributed by atoms with van der Waals surface area (Å²) >= 11 is 0. The fraction of sp³-hybridized carbons (Fsp3) is 0.250. The molecule has 1 aromatic carbocycles. The van der Waals surface area contributed by atoms with E-state index in [9.17, 15) is 9.90 Å². The average molecular weight is 322 g/mol. The standard InChI is InChI=1S/C16H16N2O3.K/c1-10-14-12(18-17-11-6-3-2-4-7-11)8-5-9-13(14)21-15(10)16(19)20;/h2-4,6-7,17H,5,8-9H2,1H3,(H,19,20);/q;+1/p-1/b18-12+;. The van der Waals surface area contributed by atoms with Crippen LogP contribution in [0.5, 0.6) is 0 Å². The maximum Gasteiger partial charge on any atom is 1.00 e. The molecule has 0 amide bonds. The van der Waals surface area contributed by atoms with E-state index in [2.05, 4.69) is 10.5 Å². The Bertz CT molecular complexity index is 708. The van der Waals surface area contributed by atoms with E-state index in [1.54, 1.807) is 6.92 Å². The maximum atomic E-state index is 11.1. The zero-order valence-corrected chi connectivity index (χ0v) is 15.8. The van der Waals surface area contributed by atoms with E-state index in [-0.39, 0.29) is 57.1 Å². The number of nitrogens with zero attached hydrogens (tertiary/aromatic N) is 1. The van der Waals surface area contributed by atoms with Crippen LogP contribution in [0.4, 0.5) is 5.69 Å². The minimum atomic E-state index is -1.28. The summed E-state index contributed by atoms with van der Waals surface area (Å²) in [5.74, 6) is -0.682. The maximum absolute atomic E-state index is 11.1. The summed E-state index contributed by atoms with van der Waals surface area (Å²) in [6.45, 7) is 1.73. The first kappa shape index (κ1) is 17.4. The van der Waals surface area contributed by atoms with Gasteiger partial charge in [-0.05, 0) is 31.9 Å². The van der Waals surface area contributed by atoms with Gasteiger partial charge >= 0.3 is 51.4 Å². The van der Waals surface area contributed by atoms with Crippen LogP contribution in [0.15, 0.2) is 39.9 Å². The van der Waals surface area contributed by atoms with Gasteiger partial charge in [0.05, 0.1) is 11.4 Å². The van der Waals surface area contributed by atoms with Crippen molar-refractivity contribution >= 4 is 17.4 Å². The van der Waals surface area contributed by atoms with Crippen LogP contribution in [0.1, 0.15) is 40.3 Å². The van der Waals surface area contributed by atoms with Gasteiger partial charge in [0, 0.05) is 17.5 Å². The Kier molecular flexibility index (Phi) is 5.99. The van der Waals surface area contributed by atoms with E-state index in [1.807, 2.05) is 30.3 Å². The number of carbonyl (C=O) groups excluding carboxylic acids is 1. The number of aromatic carboxylic acids is 1. The molecule has 5 nitrogen and oxygen atoms in total. The molecule has 0 radical (unpaired) electrons. The van der Waals surface area contributed by atoms with Crippen molar-refractivity contribution in [1.82, 2.24) is 0 Å². The van der Waals surface area contributed by atoms with Gasteiger partial charge < -0.3 is 14.3 Å². The number of fused-ring (bicyclic) bond motifs is 1. The van der Waals surface area contributed by atoms with Crippen molar-refractivity contribution in [2.75, 3.05) is 5.43 Å². The van der Waals surface area contributed by atoms with Gasteiger partial charge in [-0.2, -0.15) is 5.10 Å². The molecule has 3 rings (SSSR count). The van der Waals surface area contributed by atoms with E-state index in [4.69, 9.17) is 4.42 Å². The third-order valence-electron chi connectivity index (χ3n) is 3.60. The molecule has 108 valence electrons. The molecule has 1 aliphatic rings. The van der Waals surface area contributed by atoms with Crippen molar-refractivity contribution in [3.63, 3.8) is 0 Å². The number of carboxylic acid groups (broad SMARTS) is 1. The number of anilines is 1. The van der Waals surface area contributed by atoms with Crippen LogP contribution in [-0.2, 0) is 6.42 Å². The van der Waals surface area contributed by atoms with Gasteiger partial charge in [-0.15, -0.1) is 0 Å². The van der Waals surface area contributed by atoms with Crippen LogP contribution < -0.4 is 61.9 Å². The van der Waals surface area contributed by atoms with E-state index in [0.717, 1.165) is 36.2 Å². The molecular weight excluding hydrogens is 307 g/mol. The molecule has 2 aromatic rings. The summed E-state index contributed by atoms with van der Waals surface area (Å²) in [5, 5.41) is 15.5. The van der Waals surface area contributed by atoms with Gasteiger partial charge in [0.25, 0.3) is 0 Å². The molecule has 22 heavy (non-hydrogen) atoms. The molecular formula is C16H15KN2O3. The fourth-order valence-corrected chi connectivity index (χ4v) is 2.62. The van der Waals surface area contributed by atoms with Gasteiger partial charge in [0.15, 0.2) is 5.76 Å². The molecule has 1 aliphatic carbocycles. The summed E-state index contributed by atoms with van der Waals surface area (Å²) in [7, 11) is 0. The van der Waals surface area contributed by atoms with Crippen molar-refractivity contribution in [3.8, 4) is 0 Å². The minimum absolute atomic E-state index is 0. The molecule has 0 atom stereocenters. The monoisotopic (exact) mass is 322 g/mol. The van der Waals surface area contributed by atoms with Crippen molar-refractivity contribution in [3.05, 3.63) is 53.0 Å². The Morgan fingerprint density at radius 1 is 1.27 bits per heavy atom. The summed E-state index contributed by atoms with van der Waals surface area (Å²) in [5.41, 5.74) is 6.12. The summed E-state index contributed by atoms with van der Waals surface area (Å²) in [6.07, 6.45) is 2.41. The molecule has 0 saturated heterocycles. The van der Waals surface area contributed by atoms with E-state index < -0.39 is 5.97 Å². The normalized spacial score (nSPS) is 15.0. The van der Waals surface area contributed by atoms with Crippen LogP contribution in [0, 0.1) is 6.92 Å². The quantitative estimate of drug-likeness (QED) is 0.587. The van der Waals surface area contributed by atoms with Gasteiger partial charge in [-0.1, -0.05) is 18.2 Å². The summed E-state index contributed by atoms with van der Waals surface area (Å²) < 4.78 is 5.41. The van der Waals surface area contributed by atoms with Crippen molar-refractivity contribution in [1.29, 1.82) is 0 Å². The van der Waals surface area contributed by atoms with Crippen LogP contribution >= 0.6 is 0 Å². The first-order valence-electron chi connectivity index (χ1n) is 6.88. The Morgan fingerprint density at radius 2 is 2.00 bits per heavy atom. The molecule has 1 aromatic heterocycles. The number of aryl methyl sites for hydroxylation is 1. The molecule has 6 heteroatoms. The predicted molar refractivity (Wildman–Crippen MR) is 77.3 cm³/mol. The molecule has 0 spiro atoms. The minimum Gasteiger partial charge on any atom is -0.542 e. The molecule has 1 N–H and O–H groups in total. The average Bonchev–Trinajstić information content (AvgIpc) is 2.84. The van der Waals surface area contributed by atoms with Gasteiger partial charge in [-0.3, -0.25) is 5.43 Å². The molecule has 0 fully saturated rings. The predicted octanol–water partition coefficient (Wildman–Crippen LogP) is -0.892. The number of para-hydroxylation sites is 1. The number of rotatable bonds is 3. The van der Waals surface area contributed by atoms with Crippen LogP contribution in [0.25, 0.3) is 0 Å². The zero-order valence-electron chi connectivity index (χ0n) is 12.7. The number of hydrogen-bond donors (Lipinski definition) is 1. The van der Waals surface area contributed by atoms with E-state index in [1.165, 1.54) is 0 Å². The first-order chi connectivity index (χ1) is 10.2. The number of hydrazone groups is 1. The third-order valence-corrected chi connectivity index (χ3v) is 3.60. The smallest absolute Gasteiger partial charge is 0.542 e. The van der Waals surface area contributed by atoms with Gasteiger partial charge in [0.2, 0.25) is 0 Å². The summed E-state index contributed by atoms with van der Waals surface area (Å²) in [4.78, 5) is 11.1. The van der Waals surface area contributed by atoms with Gasteiger partial charge in [0.1, 0.15) is 11.7 Å². The SMILES string of the molecule is Cc1c(C(=O)[O-])oc2c1/C(=N/Nc1ccccc1)CCC2.[K+]. The number of carbonyl (C=O) groups is 1. The first-order valence-corrected chi connectivity index (χ1v) is 6.88. The topological polar surface area (TPSA) is 77.7 Å². The Balaban J connectivity index is 0.00000176. The van der Waals surface area contributed by atoms with Crippen LogP contribution in [0.3, 0.4) is 0 Å².